The van der Waals surface area contributed by atoms with Crippen molar-refractivity contribution in [1.82, 2.24) is 0 Å². The molecule has 0 saturated carbocycles. The van der Waals surface area contributed by atoms with Gasteiger partial charge in [0.25, 0.3) is 0 Å². The van der Waals surface area contributed by atoms with Crippen LogP contribution in [0.3, 0.4) is 0 Å². The molecule has 0 aromatic carbocycles. The first kappa shape index (κ1) is 32.9. The molecular weight excluding hydrogens is 612 g/mol. The van der Waals surface area contributed by atoms with E-state index in [-0.39, 0.29) is 57.5 Å². The quantitative estimate of drug-likeness (QED) is 0.251. The van der Waals surface area contributed by atoms with Crippen molar-refractivity contribution < 1.29 is 57.5 Å². The Morgan fingerprint density at radius 3 is 1.48 bits per heavy atom. The molecule has 0 spiro atoms. The first-order chi connectivity index (χ1) is 20.8. The van der Waals surface area contributed by atoms with Gasteiger partial charge in [-0.25, -0.2) is 0 Å². The average molecular weight is 652 g/mol. The van der Waals surface area contributed by atoms with E-state index >= 15 is 0 Å². The summed E-state index contributed by atoms with van der Waals surface area (Å²) >= 11 is -0.102. The molecule has 42 heavy (non-hydrogen) atoms. The minimum atomic E-state index is -0.0800. The molecule has 0 radical (unpaired) electrons. The van der Waals surface area contributed by atoms with E-state index in [0.717, 1.165) is 12.8 Å². The third-order valence-electron chi connectivity index (χ3n) is 6.72. The molecule has 208 valence electrons. The SMILES string of the molecule is C1=CC=[C]([Ti][C]2=CC=CC2)CC=C1.C1=CC=[C]([Ti][C]2=CC=CCCC2)CC=C1.C1=CC[C]([Ti][C]2=C/C=C\C=C/C=C\2)=C1. The Morgan fingerprint density at radius 2 is 0.810 bits per heavy atom. The predicted octanol–water partition coefficient (Wildman–Crippen LogP) is 10.9. The number of hydrogen-bond acceptors (Lipinski definition) is 0. The zero-order valence-electron chi connectivity index (χ0n) is 24.5. The summed E-state index contributed by atoms with van der Waals surface area (Å²) in [5, 5.41) is 0. The van der Waals surface area contributed by atoms with Gasteiger partial charge < -0.3 is 0 Å². The molecule has 3 heteroatoms. The van der Waals surface area contributed by atoms with E-state index < -0.39 is 0 Å². The van der Waals surface area contributed by atoms with Crippen molar-refractivity contribution in [2.75, 3.05) is 0 Å². The molecule has 0 nitrogen and oxygen atoms in total. The van der Waals surface area contributed by atoms with E-state index in [9.17, 15) is 0 Å². The molecule has 6 aliphatic rings. The van der Waals surface area contributed by atoms with Crippen molar-refractivity contribution in [3.05, 3.63) is 181 Å². The van der Waals surface area contributed by atoms with Crippen molar-refractivity contribution in [1.29, 1.82) is 0 Å². The van der Waals surface area contributed by atoms with Crippen molar-refractivity contribution in [2.24, 2.45) is 0 Å². The molecule has 0 bridgehead atoms. The van der Waals surface area contributed by atoms with Crippen LogP contribution in [0.4, 0.5) is 0 Å². The second kappa shape index (κ2) is 20.8. The van der Waals surface area contributed by atoms with Crippen LogP contribution < -0.4 is 0 Å². The van der Waals surface area contributed by atoms with E-state index in [0.29, 0.717) is 0 Å². The van der Waals surface area contributed by atoms with Crippen molar-refractivity contribution in [2.45, 2.75) is 44.9 Å². The van der Waals surface area contributed by atoms with Gasteiger partial charge >= 0.3 is 284 Å². The normalized spacial score (nSPS) is 23.1. The molecule has 0 N–H and O–H groups in total. The Labute approximate surface area is 281 Å². The van der Waals surface area contributed by atoms with Crippen LogP contribution >= 0.6 is 0 Å². The molecule has 0 atom stereocenters. The summed E-state index contributed by atoms with van der Waals surface area (Å²) in [5.41, 5.74) is 0. The van der Waals surface area contributed by atoms with E-state index in [1.54, 1.807) is 19.4 Å². The van der Waals surface area contributed by atoms with Gasteiger partial charge in [0.05, 0.1) is 0 Å². The fourth-order valence-corrected chi connectivity index (χ4v) is 10.2. The summed E-state index contributed by atoms with van der Waals surface area (Å²) < 4.78 is 9.79. The molecule has 6 rings (SSSR count). The zero-order chi connectivity index (χ0) is 28.9. The third kappa shape index (κ3) is 14.0. The maximum absolute atomic E-state index is 2.35. The van der Waals surface area contributed by atoms with Gasteiger partial charge in [-0.2, -0.15) is 0 Å². The second-order valence-electron chi connectivity index (χ2n) is 10.2. The summed E-state index contributed by atoms with van der Waals surface area (Å²) in [7, 11) is 0. The third-order valence-corrected chi connectivity index (χ3v) is 13.2. The Bertz CT molecular complexity index is 1400. The van der Waals surface area contributed by atoms with Crippen molar-refractivity contribution >= 4 is 0 Å². The summed E-state index contributed by atoms with van der Waals surface area (Å²) in [5.74, 6) is 0. The molecular formula is C39H40Ti3. The van der Waals surface area contributed by atoms with Crippen LogP contribution in [-0.4, -0.2) is 0 Å². The monoisotopic (exact) mass is 652 g/mol. The van der Waals surface area contributed by atoms with Crippen LogP contribution in [0.15, 0.2) is 181 Å². The Morgan fingerprint density at radius 1 is 0.357 bits per heavy atom. The van der Waals surface area contributed by atoms with Gasteiger partial charge in [0.15, 0.2) is 0 Å². The van der Waals surface area contributed by atoms with E-state index in [1.165, 1.54) is 36.0 Å². The second-order valence-corrected chi connectivity index (χ2v) is 17.3. The zero-order valence-corrected chi connectivity index (χ0v) is 29.1. The topological polar surface area (TPSA) is 0 Å². The molecule has 6 aliphatic carbocycles. The fourth-order valence-electron chi connectivity index (χ4n) is 4.55. The van der Waals surface area contributed by atoms with Gasteiger partial charge in [0, 0.05) is 0 Å². The van der Waals surface area contributed by atoms with Crippen LogP contribution in [-0.2, 0) is 57.5 Å². The van der Waals surface area contributed by atoms with Gasteiger partial charge in [0.2, 0.25) is 0 Å². The van der Waals surface area contributed by atoms with E-state index in [1.807, 2.05) is 0 Å². The van der Waals surface area contributed by atoms with Gasteiger partial charge in [-0.3, -0.25) is 0 Å². The van der Waals surface area contributed by atoms with Crippen LogP contribution in [0.1, 0.15) is 44.9 Å². The predicted molar refractivity (Wildman–Crippen MR) is 172 cm³/mol. The number of rotatable bonds is 6. The van der Waals surface area contributed by atoms with Gasteiger partial charge in [-0.05, 0) is 0 Å². The molecule has 0 heterocycles. The maximum atomic E-state index is 2.35. The summed E-state index contributed by atoms with van der Waals surface area (Å²) in [6.07, 6.45) is 65.8. The fraction of sp³-hybridized carbons (Fsp3) is 0.179. The van der Waals surface area contributed by atoms with E-state index in [4.69, 9.17) is 0 Å². The molecule has 0 aliphatic heterocycles. The number of allylic oxidation sites excluding steroid dienone is 32. The standard InChI is InChI=1S/C8H7.C7H9.2C7H7.2C5H5.3Ti/c1-2-4-6-8-7-5-3-1;3*1-2-4-6-7-5-3-1;2*1-2-4-5-3-1;;;/h1-7H;1-3H,4,6-7H2;2*1-5H,6H2;2*1-3H,4H2;;;/b2-1-,3-1?,4-2?,5-3-,6-4-,7-5?,8-6?,8-7?;;;;;;;;. The van der Waals surface area contributed by atoms with E-state index in [2.05, 4.69) is 158 Å². The van der Waals surface area contributed by atoms with Gasteiger partial charge in [-0.1, -0.05) is 0 Å². The Hall–Kier alpha value is -2.02. The van der Waals surface area contributed by atoms with Crippen LogP contribution in [0.2, 0.25) is 0 Å². The Kier molecular flexibility index (Phi) is 16.3. The molecule has 0 aromatic heterocycles. The van der Waals surface area contributed by atoms with Crippen LogP contribution in [0.5, 0.6) is 0 Å². The average Bonchev–Trinajstić information content (AvgIpc) is 3.44. The summed E-state index contributed by atoms with van der Waals surface area (Å²) in [6.45, 7) is 0. The van der Waals surface area contributed by atoms with Crippen LogP contribution in [0, 0.1) is 0 Å². The van der Waals surface area contributed by atoms with Gasteiger partial charge in [-0.15, -0.1) is 0 Å². The first-order valence-corrected chi connectivity index (χ1v) is 19.7. The molecule has 0 fully saturated rings. The van der Waals surface area contributed by atoms with Gasteiger partial charge in [0.1, 0.15) is 0 Å². The molecule has 0 saturated heterocycles. The summed E-state index contributed by atoms with van der Waals surface area (Å²) in [4.78, 5) is 0. The Balaban J connectivity index is 0.000000145. The summed E-state index contributed by atoms with van der Waals surface area (Å²) in [6, 6.07) is 0. The van der Waals surface area contributed by atoms with Crippen molar-refractivity contribution in [3.8, 4) is 0 Å². The first-order valence-electron chi connectivity index (χ1n) is 15.0. The minimum absolute atomic E-state index is 0.00333. The molecule has 0 aromatic rings. The number of hydrogen-bond donors (Lipinski definition) is 0. The van der Waals surface area contributed by atoms with Crippen molar-refractivity contribution in [3.63, 3.8) is 0 Å². The van der Waals surface area contributed by atoms with Crippen LogP contribution in [0.25, 0.3) is 0 Å². The molecule has 0 amide bonds. The molecule has 0 unspecified atom stereocenters.